The van der Waals surface area contributed by atoms with Gasteiger partial charge in [-0.1, -0.05) is 24.3 Å². The van der Waals surface area contributed by atoms with Crippen molar-refractivity contribution in [2.75, 3.05) is 14.2 Å². The molecule has 0 bridgehead atoms. The number of carbonyl (C=O) groups excluding carboxylic acids is 2. The third-order valence-electron chi connectivity index (χ3n) is 4.85. The van der Waals surface area contributed by atoms with E-state index in [1.54, 1.807) is 0 Å². The van der Waals surface area contributed by atoms with E-state index in [0.29, 0.717) is 5.46 Å². The largest absolute Gasteiger partial charge is 0.495 e. The number of methoxy groups -OCH3 is 2. The van der Waals surface area contributed by atoms with Crippen LogP contribution in [0.1, 0.15) is 5.56 Å². The number of hydrogen-bond acceptors (Lipinski definition) is 8. The first kappa shape index (κ1) is 28.0. The highest BCUT2D eigenvalue weighted by atomic mass is 28.5. The second kappa shape index (κ2) is 11.0. The lowest BCUT2D eigenvalue weighted by atomic mass is 9.79. The maximum absolute atomic E-state index is 12.0. The summed E-state index contributed by atoms with van der Waals surface area (Å²) in [4.78, 5) is 24.0. The zero-order chi connectivity index (χ0) is 25.0. The predicted molar refractivity (Wildman–Crippen MR) is 135 cm³/mol. The summed E-state index contributed by atoms with van der Waals surface area (Å²) in [5, 5.41) is 0. The van der Waals surface area contributed by atoms with E-state index in [1.807, 2.05) is 24.3 Å². The fourth-order valence-electron chi connectivity index (χ4n) is 3.82. The molecule has 1 fully saturated rings. The number of ether oxygens (including phenoxy) is 2. The van der Waals surface area contributed by atoms with Gasteiger partial charge in [-0.15, -0.1) is 0 Å². The molecule has 1 aliphatic rings. The number of benzene rings is 1. The molecule has 0 amide bonds. The van der Waals surface area contributed by atoms with Gasteiger partial charge in [0.2, 0.25) is 0 Å². The lowest BCUT2D eigenvalue weighted by Crippen LogP contribution is -2.52. The van der Waals surface area contributed by atoms with Gasteiger partial charge in [-0.05, 0) is 69.3 Å². The van der Waals surface area contributed by atoms with Gasteiger partial charge < -0.3 is 27.0 Å². The van der Waals surface area contributed by atoms with Crippen molar-refractivity contribution in [3.8, 4) is 0 Å². The number of carbonyl (C=O) groups is 2. The summed E-state index contributed by atoms with van der Waals surface area (Å²) in [6, 6.07) is 8.63. The van der Waals surface area contributed by atoms with E-state index in [4.69, 9.17) is 27.0 Å². The molecule has 2 unspecified atom stereocenters. The molecule has 0 saturated carbocycles. The molecule has 184 valence electrons. The molecule has 8 nitrogen and oxygen atoms in total. The van der Waals surface area contributed by atoms with E-state index < -0.39 is 56.5 Å². The summed E-state index contributed by atoms with van der Waals surface area (Å²) in [7, 11) is -4.21. The summed E-state index contributed by atoms with van der Waals surface area (Å²) < 4.78 is 34.0. The Morgan fingerprint density at radius 3 is 1.61 bits per heavy atom. The Kier molecular flexibility index (Phi) is 9.30. The van der Waals surface area contributed by atoms with Crippen molar-refractivity contribution in [1.82, 2.24) is 0 Å². The van der Waals surface area contributed by atoms with Crippen molar-refractivity contribution in [1.29, 1.82) is 0 Å². The Bertz CT molecular complexity index is 782. The lowest BCUT2D eigenvalue weighted by molar-refractivity contribution is -0.160. The zero-order valence-corrected chi connectivity index (χ0v) is 24.2. The molecular weight excluding hydrogens is 475 g/mol. The van der Waals surface area contributed by atoms with Crippen LogP contribution in [-0.4, -0.2) is 70.7 Å². The average Bonchev–Trinajstić information content (AvgIpc) is 3.14. The van der Waals surface area contributed by atoms with E-state index >= 15 is 0 Å². The molecule has 1 saturated heterocycles. The topological polar surface area (TPSA) is 89.5 Å². The van der Waals surface area contributed by atoms with Gasteiger partial charge in [-0.2, -0.15) is 0 Å². The molecule has 1 aromatic carbocycles. The van der Waals surface area contributed by atoms with Crippen molar-refractivity contribution < 1.29 is 36.6 Å². The maximum atomic E-state index is 12.0. The van der Waals surface area contributed by atoms with Crippen molar-refractivity contribution >= 4 is 49.7 Å². The van der Waals surface area contributed by atoms with Crippen LogP contribution in [0.5, 0.6) is 0 Å². The number of rotatable bonds is 10. The summed E-state index contributed by atoms with van der Waals surface area (Å²) in [6.07, 6.45) is -1.51. The maximum Gasteiger partial charge on any atom is 0.495 e. The zero-order valence-electron chi connectivity index (χ0n) is 21.2. The standard InChI is InChI=1S/C21H37BO8Si3/c1-25-20(23)18-19(21(24)26-2)28-22(27-18)17-12-10-16(11-13-17)14-15-33(9,29-31(3,4)5)30-32(6,7)8/h10-13,18-19H,14-15H2,1-9H3. The minimum absolute atomic E-state index is 0.682. The van der Waals surface area contributed by atoms with E-state index in [1.165, 1.54) is 14.2 Å². The van der Waals surface area contributed by atoms with Gasteiger partial charge >= 0.3 is 27.6 Å². The Balaban J connectivity index is 2.10. The van der Waals surface area contributed by atoms with E-state index in [-0.39, 0.29) is 0 Å². The van der Waals surface area contributed by atoms with Gasteiger partial charge in [0.1, 0.15) is 0 Å². The van der Waals surface area contributed by atoms with Gasteiger partial charge in [-0.3, -0.25) is 0 Å². The minimum Gasteiger partial charge on any atom is -0.467 e. The van der Waals surface area contributed by atoms with Crippen LogP contribution >= 0.6 is 0 Å². The SMILES string of the molecule is COC(=O)C1OB(c2ccc(CC[Si](C)(O[Si](C)(C)C)O[Si](C)(C)C)cc2)OC1C(=O)OC. The fraction of sp³-hybridized carbons (Fsp3) is 0.619. The highest BCUT2D eigenvalue weighted by Crippen LogP contribution is 2.26. The third kappa shape index (κ3) is 8.46. The Labute approximate surface area is 200 Å². The van der Waals surface area contributed by atoms with Gasteiger partial charge in [0.15, 0.2) is 28.8 Å². The monoisotopic (exact) mass is 512 g/mol. The van der Waals surface area contributed by atoms with Crippen molar-refractivity contribution in [3.05, 3.63) is 29.8 Å². The molecule has 2 rings (SSSR count). The number of hydrogen-bond donors (Lipinski definition) is 0. The summed E-state index contributed by atoms with van der Waals surface area (Å²) in [6.45, 7) is 15.4. The highest BCUT2D eigenvalue weighted by Gasteiger charge is 2.49. The highest BCUT2D eigenvalue weighted by molar-refractivity contribution is 6.87. The van der Waals surface area contributed by atoms with Gasteiger partial charge in [-0.25, -0.2) is 9.59 Å². The normalized spacial score (nSPS) is 19.5. The van der Waals surface area contributed by atoms with Crippen LogP contribution in [0.25, 0.3) is 0 Å². The molecular formula is C21H37BO8Si3. The minimum atomic E-state index is -2.32. The quantitative estimate of drug-likeness (QED) is 0.349. The summed E-state index contributed by atoms with van der Waals surface area (Å²) in [5.74, 6) is -1.36. The van der Waals surface area contributed by atoms with Gasteiger partial charge in [0, 0.05) is 0 Å². The number of esters is 2. The Morgan fingerprint density at radius 2 is 1.24 bits per heavy atom. The second-order valence-electron chi connectivity index (χ2n) is 10.3. The van der Waals surface area contributed by atoms with Crippen LogP contribution in [0.4, 0.5) is 0 Å². The van der Waals surface area contributed by atoms with E-state index in [2.05, 4.69) is 45.8 Å². The molecule has 0 aromatic heterocycles. The van der Waals surface area contributed by atoms with Crippen LogP contribution in [0.2, 0.25) is 51.9 Å². The molecule has 1 aliphatic heterocycles. The average molecular weight is 513 g/mol. The van der Waals surface area contributed by atoms with Crippen LogP contribution in [0.15, 0.2) is 24.3 Å². The van der Waals surface area contributed by atoms with Gasteiger partial charge in [0.25, 0.3) is 0 Å². The third-order valence-corrected chi connectivity index (χ3v) is 14.4. The molecule has 1 aromatic rings. The lowest BCUT2D eigenvalue weighted by Gasteiger charge is -2.38. The Hall–Kier alpha value is -1.28. The van der Waals surface area contributed by atoms with Crippen LogP contribution in [0.3, 0.4) is 0 Å². The first-order valence-corrected chi connectivity index (χ1v) is 20.5. The summed E-state index contributed by atoms with van der Waals surface area (Å²) >= 11 is 0. The first-order chi connectivity index (χ1) is 15.2. The number of aryl methyl sites for hydroxylation is 1. The molecule has 0 N–H and O–H groups in total. The second-order valence-corrected chi connectivity index (χ2v) is 23.1. The summed E-state index contributed by atoms with van der Waals surface area (Å²) in [5.41, 5.74) is 1.85. The van der Waals surface area contributed by atoms with Gasteiger partial charge in [0.05, 0.1) is 14.2 Å². The smallest absolute Gasteiger partial charge is 0.467 e. The molecule has 0 radical (unpaired) electrons. The predicted octanol–water partition coefficient (Wildman–Crippen LogP) is 2.83. The van der Waals surface area contributed by atoms with E-state index in [9.17, 15) is 9.59 Å². The molecule has 2 atom stereocenters. The molecule has 0 spiro atoms. The van der Waals surface area contributed by atoms with Crippen molar-refractivity contribution in [2.24, 2.45) is 0 Å². The molecule has 0 aliphatic carbocycles. The van der Waals surface area contributed by atoms with Crippen LogP contribution in [0, 0.1) is 0 Å². The molecule has 33 heavy (non-hydrogen) atoms. The Morgan fingerprint density at radius 1 is 0.818 bits per heavy atom. The van der Waals surface area contributed by atoms with Crippen molar-refractivity contribution in [3.63, 3.8) is 0 Å². The van der Waals surface area contributed by atoms with Crippen LogP contribution < -0.4 is 5.46 Å². The van der Waals surface area contributed by atoms with Crippen LogP contribution in [-0.2, 0) is 43.0 Å². The molecule has 1 heterocycles. The first-order valence-electron chi connectivity index (χ1n) is 11.1. The van der Waals surface area contributed by atoms with E-state index in [0.717, 1.165) is 18.0 Å². The fourth-order valence-corrected chi connectivity index (χ4v) is 16.3. The molecule has 12 heteroatoms. The van der Waals surface area contributed by atoms with Crippen molar-refractivity contribution in [2.45, 2.75) is 70.5 Å².